The van der Waals surface area contributed by atoms with Gasteiger partial charge in [-0.3, -0.25) is 9.69 Å². The van der Waals surface area contributed by atoms with Crippen molar-refractivity contribution in [3.63, 3.8) is 0 Å². The predicted molar refractivity (Wildman–Crippen MR) is 82.8 cm³/mol. The number of amides is 1. The third-order valence-corrected chi connectivity index (χ3v) is 4.80. The van der Waals surface area contributed by atoms with Gasteiger partial charge in [0.05, 0.1) is 6.54 Å². The van der Waals surface area contributed by atoms with E-state index in [4.69, 9.17) is 0 Å². The van der Waals surface area contributed by atoms with E-state index >= 15 is 0 Å². The predicted octanol–water partition coefficient (Wildman–Crippen LogP) is 1.85. The molecule has 2 heterocycles. The highest BCUT2D eigenvalue weighted by Gasteiger charge is 2.27. The standard InChI is InChI=1S/C16H31N3O/c1-3-11-18(15-7-9-17-10-8-15)13-16(20)19-12-5-4-6-14(19)2/h14-15,17H,3-13H2,1-2H3. The van der Waals surface area contributed by atoms with Gasteiger partial charge in [0, 0.05) is 18.6 Å². The number of nitrogens with one attached hydrogen (secondary N) is 1. The minimum atomic E-state index is 0.351. The molecule has 4 nitrogen and oxygen atoms in total. The van der Waals surface area contributed by atoms with Crippen molar-refractivity contribution in [1.82, 2.24) is 15.1 Å². The number of hydrogen-bond acceptors (Lipinski definition) is 3. The lowest BCUT2D eigenvalue weighted by molar-refractivity contribution is -0.136. The maximum absolute atomic E-state index is 12.6. The molecule has 0 aromatic rings. The van der Waals surface area contributed by atoms with E-state index in [2.05, 4.69) is 29.0 Å². The monoisotopic (exact) mass is 281 g/mol. The molecule has 0 bridgehead atoms. The molecule has 1 amide bonds. The van der Waals surface area contributed by atoms with Crippen LogP contribution in [0.5, 0.6) is 0 Å². The molecule has 1 atom stereocenters. The van der Waals surface area contributed by atoms with Crippen molar-refractivity contribution in [3.05, 3.63) is 0 Å². The summed E-state index contributed by atoms with van der Waals surface area (Å²) in [7, 11) is 0. The van der Waals surface area contributed by atoms with Gasteiger partial charge in [0.1, 0.15) is 0 Å². The molecule has 2 aliphatic heterocycles. The van der Waals surface area contributed by atoms with Gasteiger partial charge in [-0.2, -0.15) is 0 Å². The van der Waals surface area contributed by atoms with Crippen molar-refractivity contribution >= 4 is 5.91 Å². The van der Waals surface area contributed by atoms with Crippen LogP contribution in [0.15, 0.2) is 0 Å². The Hall–Kier alpha value is -0.610. The summed E-state index contributed by atoms with van der Waals surface area (Å²) in [5.41, 5.74) is 0. The van der Waals surface area contributed by atoms with Gasteiger partial charge in [-0.1, -0.05) is 6.92 Å². The Morgan fingerprint density at radius 2 is 2.00 bits per heavy atom. The third-order valence-electron chi connectivity index (χ3n) is 4.80. The van der Waals surface area contributed by atoms with Crippen molar-refractivity contribution in [2.75, 3.05) is 32.7 Å². The van der Waals surface area contributed by atoms with Crippen molar-refractivity contribution in [2.24, 2.45) is 0 Å². The van der Waals surface area contributed by atoms with Crippen LogP contribution in [0, 0.1) is 0 Å². The van der Waals surface area contributed by atoms with Gasteiger partial charge in [0.25, 0.3) is 0 Å². The summed E-state index contributed by atoms with van der Waals surface area (Å²) in [6, 6.07) is 1.04. The number of nitrogens with zero attached hydrogens (tertiary/aromatic N) is 2. The van der Waals surface area contributed by atoms with E-state index in [0.29, 0.717) is 24.5 Å². The summed E-state index contributed by atoms with van der Waals surface area (Å²) in [6.07, 6.45) is 7.13. The van der Waals surface area contributed by atoms with Crippen LogP contribution in [0.2, 0.25) is 0 Å². The quantitative estimate of drug-likeness (QED) is 0.835. The lowest BCUT2D eigenvalue weighted by Crippen LogP contribution is -2.51. The van der Waals surface area contributed by atoms with Gasteiger partial charge in [0.2, 0.25) is 5.91 Å². The van der Waals surface area contributed by atoms with Gasteiger partial charge >= 0.3 is 0 Å². The lowest BCUT2D eigenvalue weighted by Gasteiger charge is -2.38. The normalized spacial score (nSPS) is 25.1. The molecule has 0 saturated carbocycles. The Balaban J connectivity index is 1.90. The van der Waals surface area contributed by atoms with Crippen molar-refractivity contribution in [2.45, 2.75) is 64.5 Å². The summed E-state index contributed by atoms with van der Waals surface area (Å²) < 4.78 is 0. The minimum Gasteiger partial charge on any atom is -0.339 e. The topological polar surface area (TPSA) is 35.6 Å². The highest BCUT2D eigenvalue weighted by molar-refractivity contribution is 5.78. The molecule has 0 radical (unpaired) electrons. The molecule has 116 valence electrons. The molecule has 1 N–H and O–H groups in total. The molecular formula is C16H31N3O. The average molecular weight is 281 g/mol. The average Bonchev–Trinajstić information content (AvgIpc) is 2.48. The number of piperidine rings is 2. The second-order valence-corrected chi connectivity index (χ2v) is 6.38. The Morgan fingerprint density at radius 1 is 1.25 bits per heavy atom. The largest absolute Gasteiger partial charge is 0.339 e. The van der Waals surface area contributed by atoms with Crippen LogP contribution in [-0.2, 0) is 4.79 Å². The Morgan fingerprint density at radius 3 is 2.65 bits per heavy atom. The molecule has 0 aromatic heterocycles. The number of carbonyl (C=O) groups is 1. The van der Waals surface area contributed by atoms with E-state index in [1.165, 1.54) is 32.1 Å². The first-order valence-electron chi connectivity index (χ1n) is 8.46. The fourth-order valence-electron chi connectivity index (χ4n) is 3.58. The molecule has 20 heavy (non-hydrogen) atoms. The highest BCUT2D eigenvalue weighted by Crippen LogP contribution is 2.18. The zero-order valence-electron chi connectivity index (χ0n) is 13.2. The maximum Gasteiger partial charge on any atom is 0.236 e. The van der Waals surface area contributed by atoms with Gasteiger partial charge in [0.15, 0.2) is 0 Å². The molecule has 0 spiro atoms. The van der Waals surface area contributed by atoms with E-state index in [1.807, 2.05) is 0 Å². The van der Waals surface area contributed by atoms with E-state index in [-0.39, 0.29) is 0 Å². The molecule has 2 saturated heterocycles. The molecule has 2 rings (SSSR count). The van der Waals surface area contributed by atoms with E-state index < -0.39 is 0 Å². The van der Waals surface area contributed by atoms with Crippen LogP contribution in [0.3, 0.4) is 0 Å². The smallest absolute Gasteiger partial charge is 0.236 e. The Kier molecular flexibility index (Phi) is 6.30. The minimum absolute atomic E-state index is 0.351. The van der Waals surface area contributed by atoms with E-state index in [9.17, 15) is 4.79 Å². The summed E-state index contributed by atoms with van der Waals surface area (Å²) in [6.45, 7) is 9.25. The van der Waals surface area contributed by atoms with Gasteiger partial charge in [-0.05, 0) is 65.1 Å². The molecular weight excluding hydrogens is 250 g/mol. The fraction of sp³-hybridized carbons (Fsp3) is 0.938. The molecule has 2 fully saturated rings. The van der Waals surface area contributed by atoms with Crippen LogP contribution in [-0.4, -0.2) is 60.5 Å². The third kappa shape index (κ3) is 4.19. The first-order chi connectivity index (χ1) is 9.72. The number of likely N-dealkylation sites (tertiary alicyclic amines) is 1. The zero-order chi connectivity index (χ0) is 14.4. The number of carbonyl (C=O) groups excluding carboxylic acids is 1. The van der Waals surface area contributed by atoms with Crippen molar-refractivity contribution in [3.8, 4) is 0 Å². The second kappa shape index (κ2) is 7.99. The van der Waals surface area contributed by atoms with Crippen molar-refractivity contribution in [1.29, 1.82) is 0 Å². The van der Waals surface area contributed by atoms with E-state index in [1.54, 1.807) is 0 Å². The van der Waals surface area contributed by atoms with Gasteiger partial charge in [-0.25, -0.2) is 0 Å². The van der Waals surface area contributed by atoms with Crippen molar-refractivity contribution < 1.29 is 4.79 Å². The van der Waals surface area contributed by atoms with Crippen LogP contribution in [0.25, 0.3) is 0 Å². The number of rotatable bonds is 5. The van der Waals surface area contributed by atoms with E-state index in [0.717, 1.165) is 32.6 Å². The summed E-state index contributed by atoms with van der Waals surface area (Å²) in [5.74, 6) is 0.351. The molecule has 1 unspecified atom stereocenters. The number of hydrogen-bond donors (Lipinski definition) is 1. The summed E-state index contributed by atoms with van der Waals surface area (Å²) in [5, 5.41) is 3.41. The van der Waals surface area contributed by atoms with Gasteiger partial charge in [-0.15, -0.1) is 0 Å². The first-order valence-corrected chi connectivity index (χ1v) is 8.46. The first kappa shape index (κ1) is 15.8. The Bertz CT molecular complexity index is 302. The summed E-state index contributed by atoms with van der Waals surface area (Å²) in [4.78, 5) is 17.2. The fourth-order valence-corrected chi connectivity index (χ4v) is 3.58. The SMILES string of the molecule is CCCN(CC(=O)N1CCCCC1C)C1CCNCC1. The second-order valence-electron chi connectivity index (χ2n) is 6.38. The molecule has 0 aliphatic carbocycles. The highest BCUT2D eigenvalue weighted by atomic mass is 16.2. The Labute approximate surface area is 123 Å². The van der Waals surface area contributed by atoms with Gasteiger partial charge < -0.3 is 10.2 Å². The van der Waals surface area contributed by atoms with Crippen LogP contribution in [0.1, 0.15) is 52.4 Å². The van der Waals surface area contributed by atoms with Crippen LogP contribution < -0.4 is 5.32 Å². The summed E-state index contributed by atoms with van der Waals surface area (Å²) >= 11 is 0. The zero-order valence-corrected chi connectivity index (χ0v) is 13.2. The maximum atomic E-state index is 12.6. The molecule has 4 heteroatoms. The lowest BCUT2D eigenvalue weighted by atomic mass is 10.0. The molecule has 0 aromatic carbocycles. The van der Waals surface area contributed by atoms with Crippen LogP contribution in [0.4, 0.5) is 0 Å². The molecule has 2 aliphatic rings. The van der Waals surface area contributed by atoms with Crippen LogP contribution >= 0.6 is 0 Å².